The molecule has 0 atom stereocenters. The summed E-state index contributed by atoms with van der Waals surface area (Å²) in [5.74, 6) is 0. The van der Waals surface area contributed by atoms with Crippen LogP contribution in [0.1, 0.15) is 16.7 Å². The lowest BCUT2D eigenvalue weighted by molar-refractivity contribution is 1.45. The number of aryl methyl sites for hydroxylation is 3. The maximum absolute atomic E-state index is 2.55. The molecule has 0 bridgehead atoms. The minimum atomic E-state index is 1.17. The lowest BCUT2D eigenvalue weighted by Crippen LogP contribution is -1.93. The summed E-state index contributed by atoms with van der Waals surface area (Å²) in [5, 5.41) is 42.2. The van der Waals surface area contributed by atoms with E-state index >= 15 is 0 Å². The second-order valence-corrected chi connectivity index (χ2v) is 37.4. The second-order valence-electron chi connectivity index (χ2n) is 37.4. The summed E-state index contributed by atoms with van der Waals surface area (Å²) in [4.78, 5) is 0. The predicted octanol–water partition coefficient (Wildman–Crippen LogP) is 35.4. The molecule has 0 aromatic heterocycles. The van der Waals surface area contributed by atoms with Crippen LogP contribution in [0.2, 0.25) is 0 Å². The molecule has 0 nitrogen and oxygen atoms in total. The van der Waals surface area contributed by atoms with E-state index in [9.17, 15) is 0 Å². The Balaban J connectivity index is 0.572. The zero-order valence-corrected chi connectivity index (χ0v) is 72.2. The van der Waals surface area contributed by atoms with Gasteiger partial charge in [0, 0.05) is 0 Å². The lowest BCUT2D eigenvalue weighted by Gasteiger charge is -2.19. The quantitative estimate of drug-likeness (QED) is 0.0998. The van der Waals surface area contributed by atoms with Gasteiger partial charge in [-0.05, 0) is 396 Å². The van der Waals surface area contributed by atoms with Crippen LogP contribution in [-0.4, -0.2) is 0 Å². The summed E-state index contributed by atoms with van der Waals surface area (Å²) in [6.07, 6.45) is 0. The molecule has 4 aliphatic rings. The minimum absolute atomic E-state index is 1.17. The van der Waals surface area contributed by atoms with Crippen molar-refractivity contribution in [1.29, 1.82) is 0 Å². The van der Waals surface area contributed by atoms with E-state index in [0.29, 0.717) is 0 Å². The van der Waals surface area contributed by atoms with Crippen molar-refractivity contribution in [3.63, 3.8) is 0 Å². The zero-order valence-electron chi connectivity index (χ0n) is 72.2. The van der Waals surface area contributed by atoms with Gasteiger partial charge in [-0.15, -0.1) is 0 Å². The van der Waals surface area contributed by atoms with Crippen LogP contribution in [0.25, 0.3) is 274 Å². The SMILES string of the molecule is Cc1cc2c(c3cc(-c4ccccc4)c(-c4ccccc4)cc13)=c1ccc3c4ccc5c6c(ccc(c7ccc=2c1c73)c64)=c1cc(C)c2cc(-c3ccccc3)c(-c3cccc(-c4ccc(-c6cc7c(-c8ccccc8)ccc(C)c7c7c6-c6ccc8c9ccc%10c%11c(ccc(c%12ccc-7c6c8%12)c%119)-c6c-%10c(-c7ccccc7)cc7c(-c8ccccc8)cccc67)cc4)c3)cc2c1=5. The van der Waals surface area contributed by atoms with E-state index in [1.54, 1.807) is 0 Å². The first kappa shape index (κ1) is 71.5. The Morgan fingerprint density at radius 1 is 0.115 bits per heavy atom. The van der Waals surface area contributed by atoms with Crippen molar-refractivity contribution in [2.45, 2.75) is 20.8 Å². The monoisotopic (exact) mass is 1650 g/mol. The van der Waals surface area contributed by atoms with E-state index in [1.807, 2.05) is 0 Å². The highest BCUT2D eigenvalue weighted by atomic mass is 14.4. The van der Waals surface area contributed by atoms with Crippen molar-refractivity contribution in [1.82, 2.24) is 0 Å². The highest BCUT2D eigenvalue weighted by Crippen LogP contribution is 2.62. The van der Waals surface area contributed by atoms with E-state index in [1.165, 1.54) is 332 Å². The molecular weight excluding hydrogens is 1570 g/mol. The van der Waals surface area contributed by atoms with E-state index in [4.69, 9.17) is 0 Å². The fourth-order valence-corrected chi connectivity index (χ4v) is 25.3. The first-order chi connectivity index (χ1) is 64.8. The van der Waals surface area contributed by atoms with Crippen LogP contribution >= 0.6 is 0 Å². The smallest absolute Gasteiger partial charge is 0.00110 e. The fraction of sp³-hybridized carbons (Fsp3) is 0.0229. The van der Waals surface area contributed by atoms with Gasteiger partial charge in [0.15, 0.2) is 0 Å². The van der Waals surface area contributed by atoms with Gasteiger partial charge in [0.05, 0.1) is 0 Å². The largest absolute Gasteiger partial charge is 0.0622 e. The molecule has 0 aliphatic heterocycles. The highest BCUT2D eigenvalue weighted by Gasteiger charge is 2.35. The van der Waals surface area contributed by atoms with E-state index in [2.05, 4.69) is 427 Å². The molecule has 0 radical (unpaired) electrons. The Morgan fingerprint density at radius 2 is 0.427 bits per heavy atom. The van der Waals surface area contributed by atoms with Crippen LogP contribution in [0, 0.1) is 62.5 Å². The number of hydrogen-bond donors (Lipinski definition) is 0. The molecule has 0 N–H and O–H groups in total. The van der Waals surface area contributed by atoms with Crippen molar-refractivity contribution in [3.05, 3.63) is 465 Å². The maximum atomic E-state index is 2.55. The first-order valence-electron chi connectivity index (χ1n) is 46.2. The van der Waals surface area contributed by atoms with Gasteiger partial charge in [0.2, 0.25) is 0 Å². The third kappa shape index (κ3) is 9.62. The molecule has 0 heterocycles. The normalized spacial score (nSPS) is 12.5. The third-order valence-corrected chi connectivity index (χ3v) is 30.9. The van der Waals surface area contributed by atoms with Crippen molar-refractivity contribution < 1.29 is 0 Å². The molecule has 26 aromatic carbocycles. The molecule has 131 heavy (non-hydrogen) atoms. The molecule has 30 rings (SSSR count). The Bertz CT molecular complexity index is 10100. The number of hydrogen-bond acceptors (Lipinski definition) is 0. The van der Waals surface area contributed by atoms with Gasteiger partial charge in [-0.3, -0.25) is 0 Å². The molecule has 26 aromatic rings. The Morgan fingerprint density at radius 3 is 0.885 bits per heavy atom. The fourth-order valence-electron chi connectivity index (χ4n) is 25.3. The Labute approximate surface area is 754 Å². The average molecular weight is 1650 g/mol. The van der Waals surface area contributed by atoms with Crippen LogP contribution in [0.4, 0.5) is 0 Å². The maximum Gasteiger partial charge on any atom is -0.00110 e. The standard InChI is InChI=1S/C131H76/c1-71-40-45-85(76-26-12-5-13-27-76)114-70-110(130-101-60-54-93-92-53-59-100-127-99(58-52-91(122(92)127)94-55-61-102(128(101)123(93)94)131(130)117(71)114)124-86-39-23-38-84(75-24-10-4-11-25-75)111(86)69-109(129(100)124)80-34-20-9-21-35-80)81-43-41-74(42-44-81)82-36-22-37-83(64-82)108-68-116-104(66-106(108)78-30-16-7-17-31-78)73(3)63-113-96-49-47-88-87-46-48-95-112-62-72(2)103-65-105(77-28-14-6-15-29-77)107(79-32-18-8-19-33-79)67-115(103)118(112)97-56-50-89(120(87)125(95)97)90-51-57-98(119(113)116)126(96)121(88)90/h4-70H,1-3H3. The number of benzene rings is 26. The Kier molecular flexibility index (Phi) is 14.3. The highest BCUT2D eigenvalue weighted by molar-refractivity contribution is 6.43. The molecule has 0 spiro atoms. The molecule has 0 unspecified atom stereocenters. The van der Waals surface area contributed by atoms with E-state index < -0.39 is 0 Å². The van der Waals surface area contributed by atoms with Crippen molar-refractivity contribution in [3.8, 4) is 145 Å². The average Bonchev–Trinajstić information content (AvgIpc) is 1.52. The Hall–Kier alpha value is -16.6. The summed E-state index contributed by atoms with van der Waals surface area (Å²) < 4.78 is 0. The second kappa shape index (κ2) is 26.3. The van der Waals surface area contributed by atoms with E-state index in [-0.39, 0.29) is 0 Å². The third-order valence-electron chi connectivity index (χ3n) is 30.9. The molecular formula is C131H76. The molecule has 0 saturated heterocycles. The molecule has 4 aliphatic carbocycles. The van der Waals surface area contributed by atoms with Crippen LogP contribution in [0.3, 0.4) is 0 Å². The van der Waals surface area contributed by atoms with Crippen molar-refractivity contribution >= 4 is 129 Å². The van der Waals surface area contributed by atoms with Gasteiger partial charge in [0.1, 0.15) is 0 Å². The summed E-state index contributed by atoms with van der Waals surface area (Å²) in [5.41, 5.74) is 36.4. The van der Waals surface area contributed by atoms with Crippen LogP contribution in [-0.2, 0) is 0 Å². The summed E-state index contributed by atoms with van der Waals surface area (Å²) in [6, 6.07) is 156. The number of fused-ring (bicyclic) bond motifs is 20. The molecule has 0 fully saturated rings. The molecule has 0 amide bonds. The molecule has 0 heteroatoms. The number of rotatable bonds is 9. The lowest BCUT2D eigenvalue weighted by atomic mass is 9.84. The summed E-state index contributed by atoms with van der Waals surface area (Å²) in [6.45, 7) is 6.96. The summed E-state index contributed by atoms with van der Waals surface area (Å²) >= 11 is 0. The molecule has 600 valence electrons. The van der Waals surface area contributed by atoms with Crippen LogP contribution < -0.4 is 0 Å². The first-order valence-corrected chi connectivity index (χ1v) is 46.2. The van der Waals surface area contributed by atoms with Gasteiger partial charge in [0.25, 0.3) is 0 Å². The zero-order chi connectivity index (χ0) is 85.6. The van der Waals surface area contributed by atoms with E-state index in [0.717, 1.165) is 0 Å². The predicted molar refractivity (Wildman–Crippen MR) is 554 cm³/mol. The molecule has 0 saturated carbocycles. The van der Waals surface area contributed by atoms with Crippen LogP contribution in [0.5, 0.6) is 0 Å². The van der Waals surface area contributed by atoms with Crippen molar-refractivity contribution in [2.24, 2.45) is 0 Å². The summed E-state index contributed by atoms with van der Waals surface area (Å²) in [7, 11) is 0. The van der Waals surface area contributed by atoms with Gasteiger partial charge >= 0.3 is 0 Å². The van der Waals surface area contributed by atoms with Gasteiger partial charge < -0.3 is 0 Å². The minimum Gasteiger partial charge on any atom is -0.0622 e. The topological polar surface area (TPSA) is 0 Å². The van der Waals surface area contributed by atoms with Crippen molar-refractivity contribution in [2.75, 3.05) is 0 Å². The van der Waals surface area contributed by atoms with Gasteiger partial charge in [-0.2, -0.15) is 0 Å². The van der Waals surface area contributed by atoms with Gasteiger partial charge in [-0.1, -0.05) is 364 Å². The van der Waals surface area contributed by atoms with Gasteiger partial charge in [-0.25, -0.2) is 0 Å². The van der Waals surface area contributed by atoms with Crippen LogP contribution in [0.15, 0.2) is 406 Å².